The molecule has 0 heterocycles. The van der Waals surface area contributed by atoms with E-state index in [-0.39, 0.29) is 24.0 Å². The third kappa shape index (κ3) is 10.2. The average molecular weight is 494 g/mol. The number of aromatic hydroxyl groups is 1. The normalized spacial score (nSPS) is 14.9. The first-order valence-corrected chi connectivity index (χ1v) is 11.8. The molecule has 0 aliphatic carbocycles. The summed E-state index contributed by atoms with van der Waals surface area (Å²) in [4.78, 5) is 50.3. The number of amides is 3. The fourth-order valence-corrected chi connectivity index (χ4v) is 3.24. The quantitative estimate of drug-likeness (QED) is 0.317. The third-order valence-corrected chi connectivity index (χ3v) is 5.41. The summed E-state index contributed by atoms with van der Waals surface area (Å²) in [5.74, 6) is -3.07. The Morgan fingerprint density at radius 2 is 1.49 bits per heavy atom. The fraction of sp³-hybridized carbons (Fsp3) is 0.600. The zero-order valence-electron chi connectivity index (χ0n) is 21.5. The number of carboxylic acid groups (broad SMARTS) is 1. The minimum absolute atomic E-state index is 0.0436. The van der Waals surface area contributed by atoms with Gasteiger partial charge < -0.3 is 30.9 Å². The van der Waals surface area contributed by atoms with Crippen molar-refractivity contribution in [2.45, 2.75) is 85.0 Å². The van der Waals surface area contributed by atoms with Gasteiger partial charge in [-0.2, -0.15) is 0 Å². The second-order valence-corrected chi connectivity index (χ2v) is 10.0. The minimum atomic E-state index is -1.17. The molecule has 0 saturated heterocycles. The van der Waals surface area contributed by atoms with Crippen LogP contribution in [0.25, 0.3) is 0 Å². The van der Waals surface area contributed by atoms with Gasteiger partial charge in [-0.1, -0.05) is 46.2 Å². The number of phenols is 1. The summed E-state index contributed by atoms with van der Waals surface area (Å²) in [6, 6.07) is 2.85. The van der Waals surface area contributed by atoms with Gasteiger partial charge in [0, 0.05) is 6.42 Å². The van der Waals surface area contributed by atoms with Crippen LogP contribution in [0.15, 0.2) is 24.3 Å². The molecule has 1 aromatic rings. The van der Waals surface area contributed by atoms with Crippen LogP contribution in [0, 0.1) is 11.8 Å². The molecule has 0 saturated carbocycles. The highest BCUT2D eigenvalue weighted by Crippen LogP contribution is 2.14. The van der Waals surface area contributed by atoms with Gasteiger partial charge in [0.05, 0.1) is 0 Å². The van der Waals surface area contributed by atoms with Crippen LogP contribution >= 0.6 is 0 Å². The number of carbonyl (C=O) groups is 4. The summed E-state index contributed by atoms with van der Waals surface area (Å²) in [5.41, 5.74) is -0.120. The Balaban J connectivity index is 3.15. The summed E-state index contributed by atoms with van der Waals surface area (Å²) in [5, 5.41) is 26.8. The smallest absolute Gasteiger partial charge is 0.408 e. The lowest BCUT2D eigenvalue weighted by molar-refractivity contribution is -0.143. The number of hydrogen-bond donors (Lipinski definition) is 5. The summed E-state index contributed by atoms with van der Waals surface area (Å²) in [7, 11) is 0. The van der Waals surface area contributed by atoms with Crippen LogP contribution in [0.2, 0.25) is 0 Å². The van der Waals surface area contributed by atoms with E-state index in [1.54, 1.807) is 53.7 Å². The Kier molecular flexibility index (Phi) is 11.0. The molecule has 0 aromatic heterocycles. The fourth-order valence-electron chi connectivity index (χ4n) is 3.24. The van der Waals surface area contributed by atoms with Crippen molar-refractivity contribution >= 4 is 23.9 Å². The molecule has 10 heteroatoms. The van der Waals surface area contributed by atoms with Crippen molar-refractivity contribution in [2.24, 2.45) is 11.8 Å². The van der Waals surface area contributed by atoms with Gasteiger partial charge in [0.15, 0.2) is 0 Å². The van der Waals surface area contributed by atoms with Crippen molar-refractivity contribution in [3.05, 3.63) is 29.8 Å². The first kappa shape index (κ1) is 29.7. The maximum Gasteiger partial charge on any atom is 0.408 e. The number of carbonyl (C=O) groups excluding carboxylic acids is 3. The Hall–Kier alpha value is -3.30. The summed E-state index contributed by atoms with van der Waals surface area (Å²) in [6.45, 7) is 12.1. The van der Waals surface area contributed by atoms with Crippen molar-refractivity contribution in [1.29, 1.82) is 0 Å². The molecule has 4 unspecified atom stereocenters. The predicted molar refractivity (Wildman–Crippen MR) is 131 cm³/mol. The zero-order chi connectivity index (χ0) is 26.9. The van der Waals surface area contributed by atoms with Gasteiger partial charge >= 0.3 is 12.1 Å². The van der Waals surface area contributed by atoms with Gasteiger partial charge in [-0.25, -0.2) is 9.59 Å². The van der Waals surface area contributed by atoms with Crippen molar-refractivity contribution in [3.63, 3.8) is 0 Å². The topological polar surface area (TPSA) is 154 Å². The molecule has 4 atom stereocenters. The van der Waals surface area contributed by atoms with Crippen LogP contribution in [-0.2, 0) is 25.5 Å². The molecule has 0 bridgehead atoms. The summed E-state index contributed by atoms with van der Waals surface area (Å²) < 4.78 is 5.25. The number of carboxylic acids is 1. The molecule has 3 amide bonds. The Morgan fingerprint density at radius 3 is 1.94 bits per heavy atom. The molecular formula is C25H39N3O7. The first-order chi connectivity index (χ1) is 16.1. The average Bonchev–Trinajstić information content (AvgIpc) is 2.74. The van der Waals surface area contributed by atoms with E-state index in [0.717, 1.165) is 0 Å². The highest BCUT2D eigenvalue weighted by Gasteiger charge is 2.33. The molecule has 35 heavy (non-hydrogen) atoms. The van der Waals surface area contributed by atoms with Gasteiger partial charge in [0.25, 0.3) is 0 Å². The Labute approximate surface area is 206 Å². The van der Waals surface area contributed by atoms with Crippen LogP contribution < -0.4 is 16.0 Å². The number of rotatable bonds is 11. The number of phenolic OH excluding ortho intramolecular Hbond substituents is 1. The molecule has 0 aliphatic rings. The second-order valence-electron chi connectivity index (χ2n) is 10.0. The van der Waals surface area contributed by atoms with E-state index in [9.17, 15) is 29.4 Å². The van der Waals surface area contributed by atoms with E-state index >= 15 is 0 Å². The molecule has 1 aromatic carbocycles. The van der Waals surface area contributed by atoms with Gasteiger partial charge in [0.1, 0.15) is 29.5 Å². The molecule has 0 radical (unpaired) electrons. The van der Waals surface area contributed by atoms with E-state index in [4.69, 9.17) is 4.74 Å². The molecule has 5 N–H and O–H groups in total. The van der Waals surface area contributed by atoms with Crippen LogP contribution in [0.3, 0.4) is 0 Å². The Morgan fingerprint density at radius 1 is 0.914 bits per heavy atom. The summed E-state index contributed by atoms with van der Waals surface area (Å²) in [6.07, 6.45) is -0.197. The van der Waals surface area contributed by atoms with Crippen LogP contribution in [0.4, 0.5) is 4.79 Å². The number of alkyl carbamates (subject to hydrolysis) is 1. The lowest BCUT2D eigenvalue weighted by Crippen LogP contribution is -2.58. The number of aliphatic carboxylic acids is 1. The van der Waals surface area contributed by atoms with E-state index < -0.39 is 47.6 Å². The molecule has 0 fully saturated rings. The van der Waals surface area contributed by atoms with Gasteiger partial charge in [-0.3, -0.25) is 9.59 Å². The first-order valence-electron chi connectivity index (χ1n) is 11.8. The second kappa shape index (κ2) is 13.0. The zero-order valence-corrected chi connectivity index (χ0v) is 21.5. The van der Waals surface area contributed by atoms with Gasteiger partial charge in [0.2, 0.25) is 11.8 Å². The maximum absolute atomic E-state index is 13.1. The Bertz CT molecular complexity index is 878. The lowest BCUT2D eigenvalue weighted by Gasteiger charge is -2.28. The molecule has 0 aliphatic heterocycles. The van der Waals surface area contributed by atoms with E-state index in [1.165, 1.54) is 12.1 Å². The van der Waals surface area contributed by atoms with Gasteiger partial charge in [-0.05, 0) is 50.3 Å². The van der Waals surface area contributed by atoms with Crippen LogP contribution in [0.5, 0.6) is 5.75 Å². The highest BCUT2D eigenvalue weighted by molar-refractivity contribution is 5.93. The van der Waals surface area contributed by atoms with Crippen LogP contribution in [0.1, 0.15) is 60.5 Å². The standard InChI is InChI=1S/C25H39N3O7/c1-8-15(4)20(23(32)33)27-21(30)18(13-16-9-11-17(29)12-10-16)26-22(31)19(14(2)3)28-24(34)35-25(5,6)7/h9-12,14-15,18-20,29H,8,13H2,1-7H3,(H,26,31)(H,27,30)(H,28,34)(H,32,33). The molecule has 10 nitrogen and oxygen atoms in total. The van der Waals surface area contributed by atoms with Crippen LogP contribution in [-0.4, -0.2) is 57.8 Å². The summed E-state index contributed by atoms with van der Waals surface area (Å²) >= 11 is 0. The molecule has 196 valence electrons. The maximum atomic E-state index is 13.1. The SMILES string of the molecule is CCC(C)C(NC(=O)C(Cc1ccc(O)cc1)NC(=O)C(NC(=O)OC(C)(C)C)C(C)C)C(=O)O. The number of hydrogen-bond acceptors (Lipinski definition) is 6. The number of benzene rings is 1. The largest absolute Gasteiger partial charge is 0.508 e. The molecule has 0 spiro atoms. The molecule has 1 rings (SSSR count). The van der Waals surface area contributed by atoms with Crippen molar-refractivity contribution < 1.29 is 34.1 Å². The van der Waals surface area contributed by atoms with Crippen molar-refractivity contribution in [1.82, 2.24) is 16.0 Å². The van der Waals surface area contributed by atoms with Gasteiger partial charge in [-0.15, -0.1) is 0 Å². The predicted octanol–water partition coefficient (Wildman–Crippen LogP) is 2.58. The number of ether oxygens (including phenoxy) is 1. The van der Waals surface area contributed by atoms with E-state index in [2.05, 4.69) is 16.0 Å². The highest BCUT2D eigenvalue weighted by atomic mass is 16.6. The monoisotopic (exact) mass is 493 g/mol. The van der Waals surface area contributed by atoms with Crippen molar-refractivity contribution in [3.8, 4) is 5.75 Å². The lowest BCUT2D eigenvalue weighted by atomic mass is 9.97. The van der Waals surface area contributed by atoms with Crippen molar-refractivity contribution in [2.75, 3.05) is 0 Å². The number of nitrogens with one attached hydrogen (secondary N) is 3. The third-order valence-electron chi connectivity index (χ3n) is 5.41. The van der Waals surface area contributed by atoms with E-state index in [0.29, 0.717) is 12.0 Å². The minimum Gasteiger partial charge on any atom is -0.508 e. The van der Waals surface area contributed by atoms with E-state index in [1.807, 2.05) is 6.92 Å². The molecular weight excluding hydrogens is 454 g/mol.